The molecule has 0 aliphatic carbocycles. The van der Waals surface area contributed by atoms with Gasteiger partial charge in [0, 0.05) is 42.5 Å². The lowest BCUT2D eigenvalue weighted by Crippen LogP contribution is -2.28. The number of rotatable bonds is 4. The second-order valence-corrected chi connectivity index (χ2v) is 6.81. The molecule has 23 heavy (non-hydrogen) atoms. The Morgan fingerprint density at radius 3 is 2.87 bits per heavy atom. The summed E-state index contributed by atoms with van der Waals surface area (Å²) in [5.41, 5.74) is 3.45. The van der Waals surface area contributed by atoms with Gasteiger partial charge in [-0.15, -0.1) is 0 Å². The maximum atomic E-state index is 6.02. The summed E-state index contributed by atoms with van der Waals surface area (Å²) in [6.07, 6.45) is 7.92. The molecule has 0 amide bonds. The van der Waals surface area contributed by atoms with Crippen LogP contribution in [-0.4, -0.2) is 28.6 Å². The van der Waals surface area contributed by atoms with Gasteiger partial charge in [-0.2, -0.15) is 0 Å². The van der Waals surface area contributed by atoms with E-state index in [1.54, 1.807) is 0 Å². The van der Waals surface area contributed by atoms with E-state index < -0.39 is 0 Å². The summed E-state index contributed by atoms with van der Waals surface area (Å²) in [5.74, 6) is 1.10. The Balaban J connectivity index is 1.53. The lowest BCUT2D eigenvalue weighted by Gasteiger charge is -2.19. The third kappa shape index (κ3) is 2.93. The van der Waals surface area contributed by atoms with Gasteiger partial charge in [0.1, 0.15) is 11.3 Å². The van der Waals surface area contributed by atoms with Crippen LogP contribution in [0.1, 0.15) is 31.1 Å². The fraction of sp³-hybridized carbons (Fsp3) is 0.400. The molecule has 3 heterocycles. The average molecular weight is 308 g/mol. The molecule has 0 saturated carbocycles. The quantitative estimate of drug-likeness (QED) is 0.704. The highest BCUT2D eigenvalue weighted by Gasteiger charge is 2.20. The van der Waals surface area contributed by atoms with Crippen LogP contribution < -0.4 is 0 Å². The number of hydrogen-bond donors (Lipinski definition) is 0. The number of benzene rings is 1. The minimum Gasteiger partial charge on any atom is -0.461 e. The first-order valence-corrected chi connectivity index (χ1v) is 8.60. The third-order valence-corrected chi connectivity index (χ3v) is 5.03. The van der Waals surface area contributed by atoms with Crippen LogP contribution in [-0.2, 0) is 6.42 Å². The zero-order valence-electron chi connectivity index (χ0n) is 14.0. The summed E-state index contributed by atoms with van der Waals surface area (Å²) < 4.78 is 8.18. The lowest BCUT2D eigenvalue weighted by molar-refractivity contribution is 0.266. The number of furan rings is 1. The first kappa shape index (κ1) is 14.6. The van der Waals surface area contributed by atoms with E-state index in [0.29, 0.717) is 0 Å². The van der Waals surface area contributed by atoms with Crippen LogP contribution in [0.15, 0.2) is 47.1 Å². The highest BCUT2D eigenvalue weighted by atomic mass is 16.3. The second-order valence-electron chi connectivity index (χ2n) is 6.81. The molecule has 1 aliphatic heterocycles. The zero-order chi connectivity index (χ0) is 15.8. The van der Waals surface area contributed by atoms with E-state index in [1.807, 2.05) is 0 Å². The van der Waals surface area contributed by atoms with Crippen molar-refractivity contribution in [1.29, 1.82) is 0 Å². The molecule has 3 nitrogen and oxygen atoms in total. The van der Waals surface area contributed by atoms with E-state index in [2.05, 4.69) is 66.0 Å². The zero-order valence-corrected chi connectivity index (χ0v) is 14.0. The highest BCUT2D eigenvalue weighted by molar-refractivity contribution is 5.80. The first-order valence-electron chi connectivity index (χ1n) is 8.60. The van der Waals surface area contributed by atoms with Gasteiger partial charge >= 0.3 is 0 Å². The monoisotopic (exact) mass is 308 g/mol. The fourth-order valence-electron chi connectivity index (χ4n) is 3.61. The van der Waals surface area contributed by atoms with Crippen LogP contribution in [0.3, 0.4) is 0 Å². The predicted molar refractivity (Wildman–Crippen MR) is 94.3 cm³/mol. The van der Waals surface area contributed by atoms with E-state index in [-0.39, 0.29) is 0 Å². The van der Waals surface area contributed by atoms with Crippen molar-refractivity contribution < 1.29 is 4.42 Å². The summed E-state index contributed by atoms with van der Waals surface area (Å²) in [6, 6.07) is 11.5. The molecule has 120 valence electrons. The van der Waals surface area contributed by atoms with E-state index in [0.717, 1.165) is 30.4 Å². The van der Waals surface area contributed by atoms with Crippen LogP contribution in [0.2, 0.25) is 0 Å². The number of aryl methyl sites for hydroxylation is 1. The Kier molecular flexibility index (Phi) is 3.74. The van der Waals surface area contributed by atoms with Gasteiger partial charge in [-0.1, -0.05) is 0 Å². The van der Waals surface area contributed by atoms with Gasteiger partial charge in [-0.05, 0) is 69.1 Å². The van der Waals surface area contributed by atoms with E-state index in [9.17, 15) is 0 Å². The molecule has 1 atom stereocenters. The Bertz CT molecular complexity index is 814. The van der Waals surface area contributed by atoms with Gasteiger partial charge in [0.2, 0.25) is 0 Å². The lowest BCUT2D eigenvalue weighted by atomic mass is 10.2. The topological polar surface area (TPSA) is 21.3 Å². The molecule has 0 bridgehead atoms. The maximum Gasteiger partial charge on any atom is 0.134 e. The molecule has 3 aromatic rings. The van der Waals surface area contributed by atoms with Gasteiger partial charge in [0.05, 0.1) is 0 Å². The SMILES string of the molecule is Cc1ccn(-c2ccc3oc(CCN4CCC[C@H]4C)cc3c2)c1. The maximum absolute atomic E-state index is 6.02. The van der Waals surface area contributed by atoms with Gasteiger partial charge in [-0.3, -0.25) is 0 Å². The Hall–Kier alpha value is -2.00. The smallest absolute Gasteiger partial charge is 0.134 e. The molecule has 0 radical (unpaired) electrons. The minimum absolute atomic E-state index is 0.725. The normalized spacial score (nSPS) is 19.0. The predicted octanol–water partition coefficient (Wildman–Crippen LogP) is 4.56. The second kappa shape index (κ2) is 5.89. The fourth-order valence-corrected chi connectivity index (χ4v) is 3.61. The van der Waals surface area contributed by atoms with Crippen LogP contribution in [0.4, 0.5) is 0 Å². The van der Waals surface area contributed by atoms with E-state index in [1.165, 1.54) is 36.0 Å². The van der Waals surface area contributed by atoms with E-state index in [4.69, 9.17) is 4.42 Å². The summed E-state index contributed by atoms with van der Waals surface area (Å²) in [7, 11) is 0. The number of hydrogen-bond acceptors (Lipinski definition) is 2. The van der Waals surface area contributed by atoms with Gasteiger partial charge in [0.25, 0.3) is 0 Å². The van der Waals surface area contributed by atoms with Crippen molar-refractivity contribution in [3.63, 3.8) is 0 Å². The molecule has 0 N–H and O–H groups in total. The van der Waals surface area contributed by atoms with Crippen LogP contribution >= 0.6 is 0 Å². The molecule has 1 aliphatic rings. The van der Waals surface area contributed by atoms with Crippen molar-refractivity contribution in [2.24, 2.45) is 0 Å². The van der Waals surface area contributed by atoms with Gasteiger partial charge < -0.3 is 13.9 Å². The van der Waals surface area contributed by atoms with Gasteiger partial charge in [-0.25, -0.2) is 0 Å². The first-order chi connectivity index (χ1) is 11.2. The average Bonchev–Trinajstić information content (AvgIpc) is 3.24. The van der Waals surface area contributed by atoms with Crippen molar-refractivity contribution in [1.82, 2.24) is 9.47 Å². The van der Waals surface area contributed by atoms with Crippen molar-refractivity contribution in [2.45, 2.75) is 39.2 Å². The molecular formula is C20H24N2O. The molecule has 2 aromatic heterocycles. The number of aromatic nitrogens is 1. The van der Waals surface area contributed by atoms with Crippen molar-refractivity contribution in [3.8, 4) is 5.69 Å². The summed E-state index contributed by atoms with van der Waals surface area (Å²) in [6.45, 7) is 6.78. The number of fused-ring (bicyclic) bond motifs is 1. The van der Waals surface area contributed by atoms with Crippen LogP contribution in [0, 0.1) is 6.92 Å². The number of likely N-dealkylation sites (tertiary alicyclic amines) is 1. The molecule has 3 heteroatoms. The third-order valence-electron chi connectivity index (χ3n) is 5.03. The van der Waals surface area contributed by atoms with Gasteiger partial charge in [0.15, 0.2) is 0 Å². The van der Waals surface area contributed by atoms with E-state index >= 15 is 0 Å². The largest absolute Gasteiger partial charge is 0.461 e. The van der Waals surface area contributed by atoms with Crippen LogP contribution in [0.25, 0.3) is 16.7 Å². The standard InChI is InChI=1S/C20H24N2O/c1-15-7-10-22(14-15)18-5-6-20-17(12-18)13-19(23-20)8-11-21-9-3-4-16(21)2/h5-7,10,12-14,16H,3-4,8-9,11H2,1-2H3/t16-/m1/s1. The molecule has 1 saturated heterocycles. The summed E-state index contributed by atoms with van der Waals surface area (Å²) in [4.78, 5) is 2.57. The Labute approximate surface area is 137 Å². The highest BCUT2D eigenvalue weighted by Crippen LogP contribution is 2.24. The Morgan fingerprint density at radius 1 is 1.22 bits per heavy atom. The molecule has 1 aromatic carbocycles. The minimum atomic E-state index is 0.725. The Morgan fingerprint density at radius 2 is 2.13 bits per heavy atom. The molecular weight excluding hydrogens is 284 g/mol. The molecule has 0 spiro atoms. The molecule has 0 unspecified atom stereocenters. The molecule has 1 fully saturated rings. The van der Waals surface area contributed by atoms with Crippen molar-refractivity contribution in [3.05, 3.63) is 54.0 Å². The van der Waals surface area contributed by atoms with Crippen LogP contribution in [0.5, 0.6) is 0 Å². The number of nitrogens with zero attached hydrogens (tertiary/aromatic N) is 2. The summed E-state index contributed by atoms with van der Waals surface area (Å²) in [5, 5.41) is 1.19. The van der Waals surface area contributed by atoms with Crippen molar-refractivity contribution >= 4 is 11.0 Å². The molecule has 4 rings (SSSR count). The van der Waals surface area contributed by atoms with Crippen molar-refractivity contribution in [2.75, 3.05) is 13.1 Å². The summed E-state index contributed by atoms with van der Waals surface area (Å²) >= 11 is 0.